The molecule has 10 heteroatoms. The van der Waals surface area contributed by atoms with Crippen LogP contribution >= 0.6 is 0 Å². The fourth-order valence-corrected chi connectivity index (χ4v) is 7.83. The smallest absolute Gasteiger partial charge is 0.145 e. The van der Waals surface area contributed by atoms with Crippen molar-refractivity contribution in [3.8, 4) is 50.5 Å². The van der Waals surface area contributed by atoms with E-state index in [1.807, 2.05) is 103 Å². The van der Waals surface area contributed by atoms with Crippen molar-refractivity contribution in [2.24, 2.45) is 0 Å². The molecule has 16 radical (unpaired) electrons. The van der Waals surface area contributed by atoms with Crippen molar-refractivity contribution < 1.29 is 0 Å². The van der Waals surface area contributed by atoms with Crippen molar-refractivity contribution in [3.05, 3.63) is 133 Å². The van der Waals surface area contributed by atoms with Crippen molar-refractivity contribution >= 4 is 139 Å². The van der Waals surface area contributed by atoms with Crippen molar-refractivity contribution in [3.63, 3.8) is 0 Å². The Bertz CT molecular complexity index is 2900. The Hall–Kier alpha value is -5.73. The molecule has 1 heterocycles. The van der Waals surface area contributed by atoms with Crippen molar-refractivity contribution in [1.82, 2.24) is 9.55 Å². The minimum absolute atomic E-state index is 0.166. The zero-order valence-electron chi connectivity index (χ0n) is 29.7. The van der Waals surface area contributed by atoms with Crippen LogP contribution < -0.4 is 43.7 Å². The first-order chi connectivity index (χ1) is 26.7. The number of hydrogen-bond donors (Lipinski definition) is 0. The second-order valence-electron chi connectivity index (χ2n) is 13.7. The second-order valence-corrected chi connectivity index (χ2v) is 13.7. The van der Waals surface area contributed by atoms with E-state index in [4.69, 9.17) is 67.8 Å². The normalized spacial score (nSPS) is 11.5. The number of para-hydroxylation sites is 3. The molecule has 0 N–H and O–H groups in total. The molecule has 0 aliphatic heterocycles. The molecule has 55 heavy (non-hydrogen) atoms. The molecule has 0 saturated carbocycles. The fraction of sp³-hybridized carbons (Fsp3) is 0. The molecule has 236 valence electrons. The SMILES string of the molecule is [B]c1c([B])c([B])c2c(-c3ccc(-c4nc5ccccc5n4-c4ccccc4)cc3)c3c([B])c([B])c([B])c([B])c3c(-c3ccc(-c4ccccc4)cc3)c2c1[B]. The minimum atomic E-state index is 0.166. The Morgan fingerprint density at radius 2 is 0.691 bits per heavy atom. The van der Waals surface area contributed by atoms with Crippen LogP contribution in [0.4, 0.5) is 0 Å². The van der Waals surface area contributed by atoms with Crippen molar-refractivity contribution in [2.75, 3.05) is 0 Å². The third kappa shape index (κ3) is 5.48. The van der Waals surface area contributed by atoms with Gasteiger partial charge in [0.1, 0.15) is 68.6 Å². The van der Waals surface area contributed by atoms with Gasteiger partial charge in [-0.1, -0.05) is 131 Å². The van der Waals surface area contributed by atoms with E-state index in [0.29, 0.717) is 32.7 Å². The third-order valence-electron chi connectivity index (χ3n) is 10.6. The summed E-state index contributed by atoms with van der Waals surface area (Å²) in [7, 11) is 54.2. The zero-order valence-corrected chi connectivity index (χ0v) is 29.7. The molecule has 2 nitrogen and oxygen atoms in total. The monoisotopic (exact) mass is 678 g/mol. The number of fused-ring (bicyclic) bond motifs is 3. The van der Waals surface area contributed by atoms with Gasteiger partial charge in [0.05, 0.1) is 11.0 Å². The van der Waals surface area contributed by atoms with Gasteiger partial charge in [0, 0.05) is 11.3 Å². The number of imidazole rings is 1. The lowest BCUT2D eigenvalue weighted by Crippen LogP contribution is -2.50. The molecule has 0 aliphatic rings. The number of benzene rings is 8. The Labute approximate surface area is 331 Å². The van der Waals surface area contributed by atoms with E-state index in [9.17, 15) is 0 Å². The van der Waals surface area contributed by atoms with Gasteiger partial charge in [-0.3, -0.25) is 4.57 Å². The molecule has 9 rings (SSSR count). The molecule has 0 spiro atoms. The molecule has 0 bridgehead atoms. The second kappa shape index (κ2) is 13.5. The van der Waals surface area contributed by atoms with Crippen LogP contribution in [0.5, 0.6) is 0 Å². The fourth-order valence-electron chi connectivity index (χ4n) is 7.83. The summed E-state index contributed by atoms with van der Waals surface area (Å²) in [5, 5.41) is 2.28. The summed E-state index contributed by atoms with van der Waals surface area (Å²) in [6.07, 6.45) is 0. The number of rotatable bonds is 5. The highest BCUT2D eigenvalue weighted by Gasteiger charge is 2.25. The Morgan fingerprint density at radius 1 is 0.327 bits per heavy atom. The Kier molecular flexibility index (Phi) is 8.61. The predicted molar refractivity (Wildman–Crippen MR) is 241 cm³/mol. The van der Waals surface area contributed by atoms with E-state index in [1.165, 1.54) is 0 Å². The lowest BCUT2D eigenvalue weighted by molar-refractivity contribution is 1.10. The van der Waals surface area contributed by atoms with E-state index in [-0.39, 0.29) is 43.7 Å². The van der Waals surface area contributed by atoms with Gasteiger partial charge in [-0.2, -0.15) is 0 Å². The van der Waals surface area contributed by atoms with Crippen LogP contribution in [0.3, 0.4) is 0 Å². The van der Waals surface area contributed by atoms with Crippen LogP contribution in [0.1, 0.15) is 0 Å². The van der Waals surface area contributed by atoms with Crippen LogP contribution in [-0.2, 0) is 0 Å². The minimum Gasteiger partial charge on any atom is -0.292 e. The quantitative estimate of drug-likeness (QED) is 0.202. The van der Waals surface area contributed by atoms with Crippen LogP contribution in [0.25, 0.3) is 83.0 Å². The first-order valence-electron chi connectivity index (χ1n) is 17.7. The zero-order chi connectivity index (χ0) is 38.1. The summed E-state index contributed by atoms with van der Waals surface area (Å²) in [5.74, 6) is 0.782. The Balaban J connectivity index is 1.35. The summed E-state index contributed by atoms with van der Waals surface area (Å²) >= 11 is 0. The molecule has 0 amide bonds. The maximum absolute atomic E-state index is 6.97. The van der Waals surface area contributed by atoms with E-state index < -0.39 is 0 Å². The van der Waals surface area contributed by atoms with Crippen LogP contribution in [-0.4, -0.2) is 72.3 Å². The number of aromatic nitrogens is 2. The van der Waals surface area contributed by atoms with E-state index in [0.717, 1.165) is 50.4 Å². The molecule has 0 aliphatic carbocycles. The molecule has 1 aromatic heterocycles. The number of hydrogen-bond acceptors (Lipinski definition) is 1. The first kappa shape index (κ1) is 35.0. The Morgan fingerprint density at radius 3 is 1.16 bits per heavy atom. The van der Waals surface area contributed by atoms with Gasteiger partial charge in [-0.25, -0.2) is 4.98 Å². The van der Waals surface area contributed by atoms with Crippen LogP contribution in [0.2, 0.25) is 0 Å². The van der Waals surface area contributed by atoms with Gasteiger partial charge >= 0.3 is 0 Å². The largest absolute Gasteiger partial charge is 0.292 e. The highest BCUT2D eigenvalue weighted by Crippen LogP contribution is 2.41. The maximum Gasteiger partial charge on any atom is 0.145 e. The summed E-state index contributed by atoms with van der Waals surface area (Å²) in [6.45, 7) is 0. The maximum atomic E-state index is 6.97. The topological polar surface area (TPSA) is 17.8 Å². The van der Waals surface area contributed by atoms with E-state index in [2.05, 4.69) is 34.9 Å². The van der Waals surface area contributed by atoms with Crippen LogP contribution in [0.15, 0.2) is 133 Å². The molecule has 8 aromatic carbocycles. The third-order valence-corrected chi connectivity index (χ3v) is 10.6. The number of nitrogens with zero attached hydrogens (tertiary/aromatic N) is 2. The molecule has 9 aromatic rings. The highest BCUT2D eigenvalue weighted by molar-refractivity contribution is 6.71. The van der Waals surface area contributed by atoms with Crippen LogP contribution in [0, 0.1) is 0 Å². The molecule has 0 unspecified atom stereocenters. The standard InChI is InChI=1S/C45H22B8N2/c46-37-33-31(25-17-15-24(16-18-25)23-9-3-1-4-10-23)34-36(40(49)44(53)42(51)38(34)47)32(35(33)39(48)43(52)41(37)50)26-19-21-27(22-20-26)45-54-29-13-7-8-14-30(29)55(45)28-11-5-2-6-12-28/h1-22H. The molecular formula is C45H22B8N2. The summed E-state index contributed by atoms with van der Waals surface area (Å²) in [4.78, 5) is 5.06. The van der Waals surface area contributed by atoms with Gasteiger partial charge in [0.15, 0.2) is 0 Å². The van der Waals surface area contributed by atoms with Crippen molar-refractivity contribution in [1.29, 1.82) is 0 Å². The lowest BCUT2D eigenvalue weighted by atomic mass is 9.59. The average Bonchev–Trinajstić information content (AvgIpc) is 3.63. The summed E-state index contributed by atoms with van der Waals surface area (Å²) in [6, 6.07) is 44.4. The van der Waals surface area contributed by atoms with Gasteiger partial charge < -0.3 is 0 Å². The summed E-state index contributed by atoms with van der Waals surface area (Å²) in [5.41, 5.74) is 10.4. The highest BCUT2D eigenvalue weighted by atomic mass is 15.1. The lowest BCUT2D eigenvalue weighted by Gasteiger charge is -2.28. The molecule has 0 saturated heterocycles. The average molecular weight is 677 g/mol. The van der Waals surface area contributed by atoms with Gasteiger partial charge in [-0.05, 0) is 79.2 Å². The first-order valence-corrected chi connectivity index (χ1v) is 17.7. The molecular weight excluding hydrogens is 655 g/mol. The van der Waals surface area contributed by atoms with E-state index in [1.54, 1.807) is 0 Å². The molecule has 0 atom stereocenters. The molecule has 0 fully saturated rings. The van der Waals surface area contributed by atoms with Crippen molar-refractivity contribution in [2.45, 2.75) is 0 Å². The van der Waals surface area contributed by atoms with Gasteiger partial charge in [0.2, 0.25) is 0 Å². The van der Waals surface area contributed by atoms with E-state index >= 15 is 0 Å². The summed E-state index contributed by atoms with van der Waals surface area (Å²) < 4.78 is 2.15. The predicted octanol–water partition coefficient (Wildman–Crippen LogP) is 2.35. The van der Waals surface area contributed by atoms with Gasteiger partial charge in [-0.15, -0.1) is 21.9 Å². The van der Waals surface area contributed by atoms with Gasteiger partial charge in [0.25, 0.3) is 0 Å².